The van der Waals surface area contributed by atoms with Gasteiger partial charge >= 0.3 is 6.61 Å². The van der Waals surface area contributed by atoms with E-state index in [-0.39, 0.29) is 5.75 Å². The first-order valence-corrected chi connectivity index (χ1v) is 11.0. The number of rotatable bonds is 6. The number of unbranched alkanes of at least 4 members (excludes halogenated alkanes) is 1. The second-order valence-corrected chi connectivity index (χ2v) is 8.45. The van der Waals surface area contributed by atoms with Crippen molar-refractivity contribution in [1.82, 2.24) is 0 Å². The number of halogens is 2. The Morgan fingerprint density at radius 2 is 1.66 bits per heavy atom. The van der Waals surface area contributed by atoms with Gasteiger partial charge in [-0.2, -0.15) is 8.78 Å². The zero-order valence-corrected chi connectivity index (χ0v) is 17.2. The second kappa shape index (κ2) is 9.11. The minimum Gasteiger partial charge on any atom is -0.435 e. The van der Waals surface area contributed by atoms with Gasteiger partial charge in [0.05, 0.1) is 0 Å². The Hall–Kier alpha value is -2.16. The molecule has 2 aliphatic carbocycles. The number of fused-ring (bicyclic) bond motifs is 3. The Kier molecular flexibility index (Phi) is 6.32. The maximum absolute atomic E-state index is 12.4. The normalized spacial score (nSPS) is 21.2. The van der Waals surface area contributed by atoms with E-state index in [1.807, 2.05) is 12.1 Å². The van der Waals surface area contributed by atoms with Gasteiger partial charge in [-0.25, -0.2) is 0 Å². The molecular weight excluding hydrogens is 366 g/mol. The summed E-state index contributed by atoms with van der Waals surface area (Å²) in [6.45, 7) is -0.540. The van der Waals surface area contributed by atoms with Crippen LogP contribution in [0.1, 0.15) is 66.3 Å². The lowest BCUT2D eigenvalue weighted by Gasteiger charge is -2.31. The summed E-state index contributed by atoms with van der Waals surface area (Å²) in [6.07, 6.45) is 14.1. The third-order valence-corrected chi connectivity index (χ3v) is 6.52. The Labute approximate surface area is 172 Å². The molecule has 2 unspecified atom stereocenters. The van der Waals surface area contributed by atoms with Crippen molar-refractivity contribution in [1.29, 1.82) is 0 Å². The number of hydrogen-bond acceptors (Lipinski definition) is 1. The predicted octanol–water partition coefficient (Wildman–Crippen LogP) is 7.02. The van der Waals surface area contributed by atoms with Crippen LogP contribution in [0.2, 0.25) is 0 Å². The van der Waals surface area contributed by atoms with Crippen molar-refractivity contribution in [3.8, 4) is 5.75 Å². The monoisotopic (exact) mass is 396 g/mol. The molecule has 0 saturated carbocycles. The van der Waals surface area contributed by atoms with E-state index in [9.17, 15) is 8.78 Å². The maximum atomic E-state index is 12.4. The van der Waals surface area contributed by atoms with Crippen LogP contribution >= 0.6 is 0 Å². The van der Waals surface area contributed by atoms with E-state index in [1.165, 1.54) is 43.2 Å². The first-order valence-electron chi connectivity index (χ1n) is 11.0. The van der Waals surface area contributed by atoms with Crippen LogP contribution in [-0.2, 0) is 25.7 Å². The van der Waals surface area contributed by atoms with Gasteiger partial charge in [-0.05, 0) is 96.7 Å². The molecule has 1 nitrogen and oxygen atoms in total. The van der Waals surface area contributed by atoms with Crippen LogP contribution in [0.15, 0.2) is 48.6 Å². The molecule has 29 heavy (non-hydrogen) atoms. The third-order valence-electron chi connectivity index (χ3n) is 6.52. The van der Waals surface area contributed by atoms with Crippen molar-refractivity contribution in [3.63, 3.8) is 0 Å². The van der Waals surface area contributed by atoms with Gasteiger partial charge in [0.1, 0.15) is 5.75 Å². The van der Waals surface area contributed by atoms with Gasteiger partial charge in [0.25, 0.3) is 0 Å². The standard InChI is InChI=1S/C26H30F2O/c1-2-3-4-5-18-6-14-24-21(16-18)7-8-22-17-20(11-15-25(22)24)19-9-12-23(13-10-19)29-26(27)28/h4-5,7-10,12-13,18,20,26H,2-3,6,11,14-17H2,1H3. The Morgan fingerprint density at radius 1 is 0.966 bits per heavy atom. The summed E-state index contributed by atoms with van der Waals surface area (Å²) >= 11 is 0. The summed E-state index contributed by atoms with van der Waals surface area (Å²) in [5, 5.41) is 0. The number of alkyl halides is 2. The number of benzene rings is 2. The minimum atomic E-state index is -2.77. The molecule has 3 heteroatoms. The molecule has 154 valence electrons. The Balaban J connectivity index is 1.46. The average Bonchev–Trinajstić information content (AvgIpc) is 2.73. The SMILES string of the molecule is CCCC=CC1CCc2c(ccc3c2CCC(c2ccc(OC(F)F)cc2)C3)C1. The molecule has 0 spiro atoms. The Morgan fingerprint density at radius 3 is 2.34 bits per heavy atom. The van der Waals surface area contributed by atoms with E-state index in [4.69, 9.17) is 0 Å². The summed E-state index contributed by atoms with van der Waals surface area (Å²) in [7, 11) is 0. The summed E-state index contributed by atoms with van der Waals surface area (Å²) in [6, 6.07) is 11.9. The van der Waals surface area contributed by atoms with Crippen LogP contribution < -0.4 is 4.74 Å². The smallest absolute Gasteiger partial charge is 0.387 e. The van der Waals surface area contributed by atoms with Gasteiger partial charge in [-0.15, -0.1) is 0 Å². The number of ether oxygens (including phenoxy) is 1. The van der Waals surface area contributed by atoms with Gasteiger partial charge in [0.2, 0.25) is 0 Å². The van der Waals surface area contributed by atoms with Gasteiger partial charge in [-0.3, -0.25) is 0 Å². The molecular formula is C26H30F2O. The summed E-state index contributed by atoms with van der Waals surface area (Å²) < 4.78 is 29.2. The molecule has 2 aromatic rings. The average molecular weight is 397 g/mol. The topological polar surface area (TPSA) is 9.23 Å². The molecule has 4 rings (SSSR count). The van der Waals surface area contributed by atoms with Gasteiger partial charge in [0.15, 0.2) is 0 Å². The second-order valence-electron chi connectivity index (χ2n) is 8.45. The summed E-state index contributed by atoms with van der Waals surface area (Å²) in [5.41, 5.74) is 7.45. The van der Waals surface area contributed by atoms with E-state index in [0.717, 1.165) is 19.3 Å². The highest BCUT2D eigenvalue weighted by Crippen LogP contribution is 2.38. The first kappa shape index (κ1) is 20.1. The molecule has 0 heterocycles. The summed E-state index contributed by atoms with van der Waals surface area (Å²) in [5.74, 6) is 1.38. The molecule has 0 aliphatic heterocycles. The molecule has 0 saturated heterocycles. The van der Waals surface area contributed by atoms with Crippen molar-refractivity contribution in [2.45, 2.75) is 70.8 Å². The molecule has 0 aromatic heterocycles. The Bertz CT molecular complexity index is 854. The van der Waals surface area contributed by atoms with E-state index >= 15 is 0 Å². The zero-order chi connectivity index (χ0) is 20.2. The van der Waals surface area contributed by atoms with Crippen molar-refractivity contribution in [3.05, 3.63) is 76.4 Å². The van der Waals surface area contributed by atoms with Crippen LogP contribution in [0.3, 0.4) is 0 Å². The van der Waals surface area contributed by atoms with Crippen LogP contribution in [0.4, 0.5) is 8.78 Å². The number of allylic oxidation sites excluding steroid dienone is 2. The fourth-order valence-electron chi connectivity index (χ4n) is 5.02. The van der Waals surface area contributed by atoms with Crippen LogP contribution in [0.5, 0.6) is 5.75 Å². The van der Waals surface area contributed by atoms with E-state index < -0.39 is 6.61 Å². The largest absolute Gasteiger partial charge is 0.435 e. The molecule has 2 aliphatic rings. The maximum Gasteiger partial charge on any atom is 0.387 e. The molecule has 0 bridgehead atoms. The van der Waals surface area contributed by atoms with Crippen LogP contribution in [0, 0.1) is 5.92 Å². The fourth-order valence-corrected chi connectivity index (χ4v) is 5.02. The van der Waals surface area contributed by atoms with E-state index in [0.29, 0.717) is 11.8 Å². The van der Waals surface area contributed by atoms with Crippen LogP contribution in [0.25, 0.3) is 0 Å². The minimum absolute atomic E-state index is 0.233. The van der Waals surface area contributed by atoms with Crippen molar-refractivity contribution >= 4 is 0 Å². The van der Waals surface area contributed by atoms with Gasteiger partial charge in [-0.1, -0.05) is 49.8 Å². The fraction of sp³-hybridized carbons (Fsp3) is 0.462. The lowest BCUT2D eigenvalue weighted by molar-refractivity contribution is -0.0498. The molecule has 2 atom stereocenters. The molecule has 0 amide bonds. The van der Waals surface area contributed by atoms with Crippen molar-refractivity contribution in [2.24, 2.45) is 5.92 Å². The lowest BCUT2D eigenvalue weighted by atomic mass is 9.74. The lowest BCUT2D eigenvalue weighted by Crippen LogP contribution is -2.20. The molecule has 0 N–H and O–H groups in total. The van der Waals surface area contributed by atoms with Gasteiger partial charge < -0.3 is 4.74 Å². The van der Waals surface area contributed by atoms with Crippen molar-refractivity contribution in [2.75, 3.05) is 0 Å². The molecule has 0 radical (unpaired) electrons. The van der Waals surface area contributed by atoms with E-state index in [1.54, 1.807) is 28.8 Å². The van der Waals surface area contributed by atoms with Gasteiger partial charge in [0, 0.05) is 0 Å². The predicted molar refractivity (Wildman–Crippen MR) is 114 cm³/mol. The molecule has 0 fully saturated rings. The highest BCUT2D eigenvalue weighted by molar-refractivity contribution is 5.46. The van der Waals surface area contributed by atoms with Crippen LogP contribution in [-0.4, -0.2) is 6.61 Å². The first-order chi connectivity index (χ1) is 14.1. The quantitative estimate of drug-likeness (QED) is 0.477. The molecule has 2 aromatic carbocycles. The van der Waals surface area contributed by atoms with Crippen molar-refractivity contribution < 1.29 is 13.5 Å². The third kappa shape index (κ3) is 4.71. The summed E-state index contributed by atoms with van der Waals surface area (Å²) in [4.78, 5) is 0. The highest BCUT2D eigenvalue weighted by Gasteiger charge is 2.26. The highest BCUT2D eigenvalue weighted by atomic mass is 19.3. The zero-order valence-electron chi connectivity index (χ0n) is 17.2. The van der Waals surface area contributed by atoms with E-state index in [2.05, 4.69) is 35.9 Å². The number of hydrogen-bond donors (Lipinski definition) is 0.